The molecule has 0 aromatic heterocycles. The van der Waals surface area contributed by atoms with Crippen LogP contribution in [0.2, 0.25) is 10.0 Å². The van der Waals surface area contributed by atoms with E-state index in [4.69, 9.17) is 28.9 Å². The number of nitrogen functional groups attached to an aromatic ring is 1. The molecule has 0 saturated carbocycles. The number of halogens is 3. The molecule has 0 aliphatic rings. The van der Waals surface area contributed by atoms with Gasteiger partial charge in [-0.1, -0.05) is 29.3 Å². The van der Waals surface area contributed by atoms with Crippen LogP contribution in [0.15, 0.2) is 36.4 Å². The minimum Gasteiger partial charge on any atom is -0.395 e. The Hall–Kier alpha value is -1.45. The third kappa shape index (κ3) is 2.62. The molecule has 0 heterocycles. The molecule has 2 aromatic carbocycles. The van der Waals surface area contributed by atoms with E-state index in [9.17, 15) is 4.39 Å². The van der Waals surface area contributed by atoms with Gasteiger partial charge in [-0.3, -0.25) is 0 Å². The zero-order valence-electron chi connectivity index (χ0n) is 8.68. The first kappa shape index (κ1) is 12.0. The average Bonchev–Trinajstić information content (AvgIpc) is 2.30. The highest BCUT2D eigenvalue weighted by Gasteiger charge is 2.07. The number of benzene rings is 2. The Morgan fingerprint density at radius 2 is 1.82 bits per heavy atom. The molecule has 17 heavy (non-hydrogen) atoms. The molecule has 2 nitrogen and oxygen atoms in total. The minimum atomic E-state index is -0.479. The van der Waals surface area contributed by atoms with Crippen LogP contribution in [0.1, 0.15) is 0 Å². The molecule has 2 rings (SSSR count). The minimum absolute atomic E-state index is 0.0449. The highest BCUT2D eigenvalue weighted by molar-refractivity contribution is 6.35. The second-order valence-corrected chi connectivity index (χ2v) is 4.29. The van der Waals surface area contributed by atoms with Gasteiger partial charge in [-0.15, -0.1) is 0 Å². The number of nitrogens with one attached hydrogen (secondary N) is 1. The number of rotatable bonds is 2. The summed E-state index contributed by atoms with van der Waals surface area (Å²) in [5.41, 5.74) is 6.68. The second kappa shape index (κ2) is 4.82. The summed E-state index contributed by atoms with van der Waals surface area (Å²) in [6, 6.07) is 9.49. The van der Waals surface area contributed by atoms with E-state index in [0.717, 1.165) is 0 Å². The normalized spacial score (nSPS) is 10.3. The van der Waals surface area contributed by atoms with Gasteiger partial charge in [0.05, 0.1) is 22.1 Å². The van der Waals surface area contributed by atoms with Crippen LogP contribution in [0, 0.1) is 5.82 Å². The molecule has 0 radical (unpaired) electrons. The summed E-state index contributed by atoms with van der Waals surface area (Å²) in [7, 11) is 0. The van der Waals surface area contributed by atoms with E-state index in [1.54, 1.807) is 30.3 Å². The molecular formula is C12H9Cl2FN2. The van der Waals surface area contributed by atoms with E-state index in [2.05, 4.69) is 5.32 Å². The van der Waals surface area contributed by atoms with Gasteiger partial charge in [-0.05, 0) is 30.3 Å². The van der Waals surface area contributed by atoms with E-state index in [0.29, 0.717) is 21.4 Å². The molecule has 0 aliphatic carbocycles. The van der Waals surface area contributed by atoms with Gasteiger partial charge >= 0.3 is 0 Å². The van der Waals surface area contributed by atoms with Crippen LogP contribution in [0.3, 0.4) is 0 Å². The molecule has 88 valence electrons. The van der Waals surface area contributed by atoms with E-state index in [-0.39, 0.29) is 5.69 Å². The van der Waals surface area contributed by atoms with Crippen molar-refractivity contribution in [2.75, 3.05) is 11.1 Å². The van der Waals surface area contributed by atoms with Crippen molar-refractivity contribution in [2.24, 2.45) is 0 Å². The van der Waals surface area contributed by atoms with Crippen molar-refractivity contribution in [3.8, 4) is 0 Å². The van der Waals surface area contributed by atoms with Crippen molar-refractivity contribution >= 4 is 40.3 Å². The topological polar surface area (TPSA) is 38.0 Å². The van der Waals surface area contributed by atoms with Crippen molar-refractivity contribution in [1.29, 1.82) is 0 Å². The SMILES string of the molecule is Nc1c(F)cccc1Nc1cc(Cl)ccc1Cl. The van der Waals surface area contributed by atoms with Crippen molar-refractivity contribution in [3.63, 3.8) is 0 Å². The largest absolute Gasteiger partial charge is 0.395 e. The Morgan fingerprint density at radius 3 is 2.59 bits per heavy atom. The first-order valence-electron chi connectivity index (χ1n) is 4.84. The van der Waals surface area contributed by atoms with Crippen molar-refractivity contribution < 1.29 is 4.39 Å². The van der Waals surface area contributed by atoms with Gasteiger partial charge in [0.2, 0.25) is 0 Å². The number of hydrogen-bond acceptors (Lipinski definition) is 2. The summed E-state index contributed by atoms with van der Waals surface area (Å²) in [4.78, 5) is 0. The molecule has 0 fully saturated rings. The monoisotopic (exact) mass is 270 g/mol. The quantitative estimate of drug-likeness (QED) is 0.791. The van der Waals surface area contributed by atoms with Crippen LogP contribution < -0.4 is 11.1 Å². The van der Waals surface area contributed by atoms with Gasteiger partial charge < -0.3 is 11.1 Å². The summed E-state index contributed by atoms with van der Waals surface area (Å²) in [5, 5.41) is 3.96. The Kier molecular flexibility index (Phi) is 3.41. The molecule has 0 atom stereocenters. The summed E-state index contributed by atoms with van der Waals surface area (Å²) < 4.78 is 13.2. The fourth-order valence-corrected chi connectivity index (χ4v) is 1.72. The van der Waals surface area contributed by atoms with Crippen molar-refractivity contribution in [3.05, 3.63) is 52.3 Å². The van der Waals surface area contributed by atoms with Gasteiger partial charge in [0.15, 0.2) is 0 Å². The highest BCUT2D eigenvalue weighted by Crippen LogP contribution is 2.31. The number of hydrogen-bond donors (Lipinski definition) is 2. The molecule has 0 unspecified atom stereocenters. The van der Waals surface area contributed by atoms with E-state index >= 15 is 0 Å². The van der Waals surface area contributed by atoms with Crippen molar-refractivity contribution in [2.45, 2.75) is 0 Å². The van der Waals surface area contributed by atoms with Gasteiger partial charge in [-0.25, -0.2) is 4.39 Å². The van der Waals surface area contributed by atoms with Crippen LogP contribution in [-0.4, -0.2) is 0 Å². The predicted octanol–water partition coefficient (Wildman–Crippen LogP) is 4.46. The first-order chi connectivity index (χ1) is 8.08. The summed E-state index contributed by atoms with van der Waals surface area (Å²) in [5.74, 6) is -0.479. The Balaban J connectivity index is 2.38. The van der Waals surface area contributed by atoms with E-state index in [1.807, 2.05) is 0 Å². The van der Waals surface area contributed by atoms with E-state index in [1.165, 1.54) is 6.07 Å². The van der Waals surface area contributed by atoms with E-state index < -0.39 is 5.82 Å². The maximum absolute atomic E-state index is 13.2. The van der Waals surface area contributed by atoms with Gasteiger partial charge in [0, 0.05) is 5.02 Å². The molecule has 0 bridgehead atoms. The summed E-state index contributed by atoms with van der Waals surface area (Å²) >= 11 is 11.8. The summed E-state index contributed by atoms with van der Waals surface area (Å²) in [6.07, 6.45) is 0. The second-order valence-electron chi connectivity index (χ2n) is 3.45. The maximum atomic E-state index is 13.2. The molecular weight excluding hydrogens is 262 g/mol. The van der Waals surface area contributed by atoms with Gasteiger partial charge in [0.1, 0.15) is 5.82 Å². The number of para-hydroxylation sites is 1. The van der Waals surface area contributed by atoms with Crippen LogP contribution >= 0.6 is 23.2 Å². The first-order valence-corrected chi connectivity index (χ1v) is 5.59. The fourth-order valence-electron chi connectivity index (χ4n) is 1.38. The maximum Gasteiger partial charge on any atom is 0.148 e. The lowest BCUT2D eigenvalue weighted by Gasteiger charge is -2.11. The Morgan fingerprint density at radius 1 is 1.06 bits per heavy atom. The van der Waals surface area contributed by atoms with Crippen LogP contribution in [0.4, 0.5) is 21.5 Å². The molecule has 2 aromatic rings. The van der Waals surface area contributed by atoms with Crippen LogP contribution in [-0.2, 0) is 0 Å². The molecule has 3 N–H and O–H groups in total. The van der Waals surface area contributed by atoms with Crippen LogP contribution in [0.25, 0.3) is 0 Å². The highest BCUT2D eigenvalue weighted by atomic mass is 35.5. The predicted molar refractivity (Wildman–Crippen MR) is 70.6 cm³/mol. The molecule has 0 amide bonds. The smallest absolute Gasteiger partial charge is 0.148 e. The molecule has 5 heteroatoms. The zero-order valence-corrected chi connectivity index (χ0v) is 10.2. The van der Waals surface area contributed by atoms with Gasteiger partial charge in [-0.2, -0.15) is 0 Å². The summed E-state index contributed by atoms with van der Waals surface area (Å²) in [6.45, 7) is 0. The fraction of sp³-hybridized carbons (Fsp3) is 0. The Labute approximate surface area is 108 Å². The standard InChI is InChI=1S/C12H9Cl2FN2/c13-7-4-5-8(14)11(6-7)17-10-3-1-2-9(15)12(10)16/h1-6,17H,16H2. The third-order valence-electron chi connectivity index (χ3n) is 2.25. The van der Waals surface area contributed by atoms with Crippen molar-refractivity contribution in [1.82, 2.24) is 0 Å². The lowest BCUT2D eigenvalue weighted by molar-refractivity contribution is 0.633. The Bertz CT molecular complexity index is 558. The lowest BCUT2D eigenvalue weighted by Crippen LogP contribution is -1.99. The molecule has 0 spiro atoms. The lowest BCUT2D eigenvalue weighted by atomic mass is 10.2. The average molecular weight is 271 g/mol. The zero-order chi connectivity index (χ0) is 12.4. The number of anilines is 3. The van der Waals surface area contributed by atoms with Gasteiger partial charge in [0.25, 0.3) is 0 Å². The third-order valence-corrected chi connectivity index (χ3v) is 2.82. The van der Waals surface area contributed by atoms with Crippen LogP contribution in [0.5, 0.6) is 0 Å². The molecule has 0 aliphatic heterocycles. The molecule has 0 saturated heterocycles. The number of nitrogens with two attached hydrogens (primary N) is 1.